The molecule has 1 saturated heterocycles. The molecule has 0 unspecified atom stereocenters. The van der Waals surface area contributed by atoms with Crippen LogP contribution >= 0.6 is 0 Å². The summed E-state index contributed by atoms with van der Waals surface area (Å²) >= 11 is 0. The number of aliphatic hydroxyl groups excluding tert-OH is 1. The van der Waals surface area contributed by atoms with Crippen LogP contribution in [0.4, 0.5) is 0 Å². The second kappa shape index (κ2) is 6.12. The summed E-state index contributed by atoms with van der Waals surface area (Å²) < 4.78 is 18.0. The molecule has 21 heavy (non-hydrogen) atoms. The molecule has 0 aliphatic carbocycles. The zero-order chi connectivity index (χ0) is 16.6. The first-order chi connectivity index (χ1) is 9.27. The van der Waals surface area contributed by atoms with Crippen molar-refractivity contribution in [2.24, 2.45) is 0 Å². The lowest BCUT2D eigenvalue weighted by Gasteiger charge is -2.37. The monoisotopic (exact) mass is 316 g/mol. The first kappa shape index (κ1) is 18.8. The predicted octanol–water partition coefficient (Wildman–Crippen LogP) is 3.47. The summed E-state index contributed by atoms with van der Waals surface area (Å²) in [6.45, 7) is 20.8. The molecule has 4 nitrogen and oxygen atoms in total. The summed E-state index contributed by atoms with van der Waals surface area (Å²) in [5, 5.41) is 10.4. The molecule has 0 spiro atoms. The van der Waals surface area contributed by atoms with Crippen molar-refractivity contribution in [3.8, 4) is 0 Å². The maximum Gasteiger partial charge on any atom is 0.192 e. The lowest BCUT2D eigenvalue weighted by molar-refractivity contribution is -0.154. The summed E-state index contributed by atoms with van der Waals surface area (Å²) in [6.07, 6.45) is -1.44. The minimum atomic E-state index is -1.85. The normalized spacial score (nSPS) is 27.7. The van der Waals surface area contributed by atoms with Crippen LogP contribution < -0.4 is 0 Å². The Hall–Kier alpha value is -0.203. The quantitative estimate of drug-likeness (QED) is 0.623. The highest BCUT2D eigenvalue weighted by molar-refractivity contribution is 6.74. The van der Waals surface area contributed by atoms with E-state index in [0.29, 0.717) is 12.2 Å². The topological polar surface area (TPSA) is 47.9 Å². The Labute approximate surface area is 130 Å². The summed E-state index contributed by atoms with van der Waals surface area (Å²) in [7, 11) is -1.85. The van der Waals surface area contributed by atoms with E-state index in [1.54, 1.807) is 6.92 Å². The van der Waals surface area contributed by atoms with Gasteiger partial charge in [0.1, 0.15) is 18.3 Å². The lowest BCUT2D eigenvalue weighted by atomic mass is 10.0. The highest BCUT2D eigenvalue weighted by Gasteiger charge is 2.46. The third kappa shape index (κ3) is 4.63. The molecule has 1 rings (SSSR count). The Morgan fingerprint density at radius 1 is 1.33 bits per heavy atom. The fraction of sp³-hybridized carbons (Fsp3) is 0.875. The Balaban J connectivity index is 2.78. The van der Waals surface area contributed by atoms with Crippen molar-refractivity contribution in [3.63, 3.8) is 0 Å². The number of rotatable bonds is 5. The molecular formula is C16H32O4Si. The summed E-state index contributed by atoms with van der Waals surface area (Å²) in [6, 6.07) is 0. The van der Waals surface area contributed by atoms with E-state index in [4.69, 9.17) is 13.9 Å². The molecule has 0 aromatic heterocycles. The van der Waals surface area contributed by atoms with Crippen LogP contribution in [0.5, 0.6) is 0 Å². The standard InChI is InChI=1S/C16H32O4Si/c1-11(2)13(17)14-12(19-16(6,7)20-14)10-18-21(8,9)15(3,4)5/h12-14,17H,1,10H2,2-9H3/t12-,13+,14+/m1/s1. The van der Waals surface area contributed by atoms with E-state index in [1.807, 2.05) is 13.8 Å². The first-order valence-electron chi connectivity index (χ1n) is 7.60. The molecule has 0 bridgehead atoms. The summed E-state index contributed by atoms with van der Waals surface area (Å²) in [4.78, 5) is 0. The first-order valence-corrected chi connectivity index (χ1v) is 10.5. The molecule has 0 aromatic carbocycles. The minimum Gasteiger partial charge on any atom is -0.414 e. The summed E-state index contributed by atoms with van der Waals surface area (Å²) in [5.74, 6) is -0.706. The molecule has 3 atom stereocenters. The molecule has 0 amide bonds. The van der Waals surface area contributed by atoms with Crippen molar-refractivity contribution in [2.45, 2.75) is 83.8 Å². The molecule has 0 radical (unpaired) electrons. The van der Waals surface area contributed by atoms with Crippen LogP contribution in [0.15, 0.2) is 12.2 Å². The molecule has 1 heterocycles. The number of aliphatic hydroxyl groups is 1. The Bertz CT molecular complexity index is 384. The average molecular weight is 317 g/mol. The molecule has 0 saturated carbocycles. The maximum atomic E-state index is 10.3. The molecule has 0 aromatic rings. The zero-order valence-electron chi connectivity index (χ0n) is 14.8. The molecule has 1 aliphatic rings. The van der Waals surface area contributed by atoms with Crippen LogP contribution in [0.2, 0.25) is 18.1 Å². The molecule has 1 aliphatic heterocycles. The van der Waals surface area contributed by atoms with Gasteiger partial charge in [0.25, 0.3) is 0 Å². The van der Waals surface area contributed by atoms with Gasteiger partial charge in [-0.2, -0.15) is 0 Å². The van der Waals surface area contributed by atoms with Crippen LogP contribution in [-0.2, 0) is 13.9 Å². The third-order valence-corrected chi connectivity index (χ3v) is 8.95. The SMILES string of the molecule is C=C(C)[C@H](O)[C@H]1OC(C)(C)O[C@@H]1CO[Si](C)(C)C(C)(C)C. The number of hydrogen-bond acceptors (Lipinski definition) is 4. The molecule has 124 valence electrons. The molecule has 5 heteroatoms. The maximum absolute atomic E-state index is 10.3. The number of hydrogen-bond donors (Lipinski definition) is 1. The fourth-order valence-corrected chi connectivity index (χ4v) is 3.06. The van der Waals surface area contributed by atoms with Crippen LogP contribution in [0.25, 0.3) is 0 Å². The Kier molecular flexibility index (Phi) is 5.50. The zero-order valence-corrected chi connectivity index (χ0v) is 15.8. The molecular weight excluding hydrogens is 284 g/mol. The predicted molar refractivity (Wildman–Crippen MR) is 87.8 cm³/mol. The van der Waals surface area contributed by atoms with Crippen LogP contribution in [0.3, 0.4) is 0 Å². The van der Waals surface area contributed by atoms with Crippen molar-refractivity contribution < 1.29 is 19.0 Å². The highest BCUT2D eigenvalue weighted by Crippen LogP contribution is 2.38. The second-order valence-electron chi connectivity index (χ2n) is 8.00. The van der Waals surface area contributed by atoms with Gasteiger partial charge in [0.05, 0.1) is 6.61 Å². The van der Waals surface area contributed by atoms with Crippen molar-refractivity contribution in [3.05, 3.63) is 12.2 Å². The summed E-state index contributed by atoms with van der Waals surface area (Å²) in [5.41, 5.74) is 0.679. The lowest BCUT2D eigenvalue weighted by Crippen LogP contribution is -2.45. The van der Waals surface area contributed by atoms with Crippen molar-refractivity contribution in [1.29, 1.82) is 0 Å². The van der Waals surface area contributed by atoms with Crippen molar-refractivity contribution in [1.82, 2.24) is 0 Å². The van der Waals surface area contributed by atoms with Gasteiger partial charge in [-0.1, -0.05) is 27.4 Å². The molecule has 1 N–H and O–H groups in total. The van der Waals surface area contributed by atoms with E-state index in [-0.39, 0.29) is 11.1 Å². The van der Waals surface area contributed by atoms with Crippen LogP contribution in [0, 0.1) is 0 Å². The van der Waals surface area contributed by atoms with E-state index >= 15 is 0 Å². The van der Waals surface area contributed by atoms with E-state index in [0.717, 1.165) is 0 Å². The van der Waals surface area contributed by atoms with Crippen LogP contribution in [-0.4, -0.2) is 44.1 Å². The van der Waals surface area contributed by atoms with E-state index < -0.39 is 26.3 Å². The van der Waals surface area contributed by atoms with Crippen molar-refractivity contribution >= 4 is 8.32 Å². The van der Waals surface area contributed by atoms with Gasteiger partial charge in [0, 0.05) is 0 Å². The van der Waals surface area contributed by atoms with E-state index in [9.17, 15) is 5.11 Å². The van der Waals surface area contributed by atoms with Gasteiger partial charge in [-0.25, -0.2) is 0 Å². The van der Waals surface area contributed by atoms with Gasteiger partial charge in [-0.15, -0.1) is 0 Å². The van der Waals surface area contributed by atoms with Crippen LogP contribution in [0.1, 0.15) is 41.5 Å². The van der Waals surface area contributed by atoms with E-state index in [2.05, 4.69) is 40.4 Å². The minimum absolute atomic E-state index is 0.143. The third-order valence-electron chi connectivity index (χ3n) is 4.45. The van der Waals surface area contributed by atoms with Gasteiger partial charge in [0.15, 0.2) is 14.1 Å². The van der Waals surface area contributed by atoms with Gasteiger partial charge in [-0.3, -0.25) is 0 Å². The average Bonchev–Trinajstić information content (AvgIpc) is 2.59. The number of ether oxygens (including phenoxy) is 2. The second-order valence-corrected chi connectivity index (χ2v) is 12.8. The smallest absolute Gasteiger partial charge is 0.192 e. The Morgan fingerprint density at radius 3 is 2.29 bits per heavy atom. The van der Waals surface area contributed by atoms with Gasteiger partial charge < -0.3 is 19.0 Å². The largest absolute Gasteiger partial charge is 0.414 e. The van der Waals surface area contributed by atoms with Gasteiger partial charge in [-0.05, 0) is 44.5 Å². The van der Waals surface area contributed by atoms with Crippen molar-refractivity contribution in [2.75, 3.05) is 6.61 Å². The van der Waals surface area contributed by atoms with Gasteiger partial charge >= 0.3 is 0 Å². The molecule has 1 fully saturated rings. The Morgan fingerprint density at radius 2 is 1.86 bits per heavy atom. The van der Waals surface area contributed by atoms with E-state index in [1.165, 1.54) is 0 Å². The highest BCUT2D eigenvalue weighted by atomic mass is 28.4. The van der Waals surface area contributed by atoms with Gasteiger partial charge in [0.2, 0.25) is 0 Å². The fourth-order valence-electron chi connectivity index (χ4n) is 2.05.